The van der Waals surface area contributed by atoms with E-state index >= 15 is 0 Å². The first-order valence-corrected chi connectivity index (χ1v) is 14.4. The number of aromatic nitrogens is 1. The van der Waals surface area contributed by atoms with E-state index in [1.54, 1.807) is 0 Å². The Kier molecular flexibility index (Phi) is 8.63. The smallest absolute Gasteiger partial charge is 0.0737 e. The van der Waals surface area contributed by atoms with Crippen molar-refractivity contribution in [2.24, 2.45) is 11.8 Å². The Morgan fingerprint density at radius 1 is 0.882 bits per heavy atom. The Balaban J connectivity index is 1.09. The molecule has 3 aliphatic rings. The molecule has 0 bridgehead atoms. The lowest BCUT2D eigenvalue weighted by Gasteiger charge is -2.47. The third-order valence-corrected chi connectivity index (χ3v) is 9.00. The zero-order valence-corrected chi connectivity index (χ0v) is 21.6. The van der Waals surface area contributed by atoms with Crippen molar-refractivity contribution < 1.29 is 0 Å². The quantitative estimate of drug-likeness (QED) is 0.417. The number of pyridine rings is 1. The van der Waals surface area contributed by atoms with Crippen LogP contribution < -0.4 is 5.32 Å². The van der Waals surface area contributed by atoms with Crippen LogP contribution in [-0.4, -0.2) is 60.1 Å². The third kappa shape index (κ3) is 6.06. The van der Waals surface area contributed by atoms with Gasteiger partial charge in [-0.25, -0.2) is 0 Å². The number of halogens is 1. The molecule has 0 spiro atoms. The Morgan fingerprint density at radius 2 is 1.56 bits per heavy atom. The lowest BCUT2D eigenvalue weighted by atomic mass is 9.73. The van der Waals surface area contributed by atoms with Gasteiger partial charge in [0, 0.05) is 61.1 Å². The zero-order chi connectivity index (χ0) is 23.2. The van der Waals surface area contributed by atoms with Crippen LogP contribution >= 0.6 is 11.6 Å². The normalized spacial score (nSPS) is 21.9. The standard InChI is InChI=1S/C29H43ClN4/c30-25-12-13-26-27(14-16-32-28(26)22-25)31-15-7-17-33-18-20-34(21-19-33)29(23-8-3-1-4-9-23)24-10-5-2-6-11-24/h12-14,16,22-24,29H,1-11,15,17-21H2,(H,31,32). The number of hydrogen-bond acceptors (Lipinski definition) is 4. The van der Waals surface area contributed by atoms with Gasteiger partial charge in [0.15, 0.2) is 0 Å². The number of fused-ring (bicyclic) bond motifs is 1. The summed E-state index contributed by atoms with van der Waals surface area (Å²) in [5.74, 6) is 1.94. The van der Waals surface area contributed by atoms with Crippen molar-refractivity contribution in [1.82, 2.24) is 14.8 Å². The van der Waals surface area contributed by atoms with Gasteiger partial charge in [0.2, 0.25) is 0 Å². The van der Waals surface area contributed by atoms with Crippen LogP contribution in [0.5, 0.6) is 0 Å². The summed E-state index contributed by atoms with van der Waals surface area (Å²) < 4.78 is 0. The van der Waals surface area contributed by atoms with Crippen molar-refractivity contribution in [1.29, 1.82) is 0 Å². The molecule has 2 aromatic rings. The van der Waals surface area contributed by atoms with Gasteiger partial charge in [-0.05, 0) is 74.8 Å². The number of hydrogen-bond donors (Lipinski definition) is 1. The molecule has 0 atom stereocenters. The Labute approximate surface area is 211 Å². The summed E-state index contributed by atoms with van der Waals surface area (Å²) in [4.78, 5) is 10.1. The zero-order valence-electron chi connectivity index (χ0n) is 20.9. The van der Waals surface area contributed by atoms with Crippen LogP contribution in [0.15, 0.2) is 30.5 Å². The van der Waals surface area contributed by atoms with E-state index in [-0.39, 0.29) is 0 Å². The highest BCUT2D eigenvalue weighted by atomic mass is 35.5. The molecule has 0 radical (unpaired) electrons. The largest absolute Gasteiger partial charge is 0.384 e. The van der Waals surface area contributed by atoms with Crippen molar-refractivity contribution in [2.75, 3.05) is 44.6 Å². The van der Waals surface area contributed by atoms with E-state index < -0.39 is 0 Å². The monoisotopic (exact) mass is 482 g/mol. The van der Waals surface area contributed by atoms with E-state index in [9.17, 15) is 0 Å². The Morgan fingerprint density at radius 3 is 2.24 bits per heavy atom. The molecule has 34 heavy (non-hydrogen) atoms. The fourth-order valence-corrected chi connectivity index (χ4v) is 7.19. The number of benzene rings is 1. The predicted octanol–water partition coefficient (Wildman–Crippen LogP) is 6.84. The van der Waals surface area contributed by atoms with Gasteiger partial charge in [-0.15, -0.1) is 0 Å². The van der Waals surface area contributed by atoms with Crippen molar-refractivity contribution in [3.05, 3.63) is 35.5 Å². The molecule has 1 saturated heterocycles. The van der Waals surface area contributed by atoms with Gasteiger partial charge in [-0.2, -0.15) is 0 Å². The van der Waals surface area contributed by atoms with Gasteiger partial charge in [0.1, 0.15) is 0 Å². The number of rotatable bonds is 8. The number of piperazine rings is 1. The van der Waals surface area contributed by atoms with E-state index in [0.29, 0.717) is 0 Å². The summed E-state index contributed by atoms with van der Waals surface area (Å²) in [5, 5.41) is 5.53. The van der Waals surface area contributed by atoms with Gasteiger partial charge in [-0.1, -0.05) is 50.1 Å². The highest BCUT2D eigenvalue weighted by Gasteiger charge is 2.36. The molecule has 0 amide bonds. The van der Waals surface area contributed by atoms with Gasteiger partial charge >= 0.3 is 0 Å². The molecule has 0 unspecified atom stereocenters. The average molecular weight is 483 g/mol. The predicted molar refractivity (Wildman–Crippen MR) is 145 cm³/mol. The van der Waals surface area contributed by atoms with E-state index in [1.165, 1.54) is 103 Å². The molecular formula is C29H43ClN4. The van der Waals surface area contributed by atoms with Gasteiger partial charge in [0.05, 0.1) is 5.52 Å². The van der Waals surface area contributed by atoms with Crippen molar-refractivity contribution in [3.8, 4) is 0 Å². The van der Waals surface area contributed by atoms with Crippen LogP contribution in [0.4, 0.5) is 5.69 Å². The highest BCUT2D eigenvalue weighted by molar-refractivity contribution is 6.31. The van der Waals surface area contributed by atoms with E-state index in [2.05, 4.69) is 32.2 Å². The van der Waals surface area contributed by atoms with E-state index in [4.69, 9.17) is 11.6 Å². The average Bonchev–Trinajstić information content (AvgIpc) is 2.89. The minimum absolute atomic E-state index is 0.741. The summed E-state index contributed by atoms with van der Waals surface area (Å²) in [6, 6.07) is 8.91. The molecule has 1 N–H and O–H groups in total. The van der Waals surface area contributed by atoms with Crippen molar-refractivity contribution in [2.45, 2.75) is 76.7 Å². The molecular weight excluding hydrogens is 440 g/mol. The van der Waals surface area contributed by atoms with Crippen LogP contribution in [0.1, 0.15) is 70.6 Å². The molecule has 5 rings (SSSR count). The summed E-state index contributed by atoms with van der Waals surface area (Å²) in [6.45, 7) is 7.23. The first-order valence-electron chi connectivity index (χ1n) is 14.0. The minimum Gasteiger partial charge on any atom is -0.384 e. The van der Waals surface area contributed by atoms with E-state index in [0.717, 1.165) is 46.0 Å². The maximum atomic E-state index is 6.13. The molecule has 1 aromatic carbocycles. The van der Waals surface area contributed by atoms with Crippen LogP contribution in [0, 0.1) is 11.8 Å². The van der Waals surface area contributed by atoms with Gasteiger partial charge in [-0.3, -0.25) is 9.88 Å². The molecule has 4 nitrogen and oxygen atoms in total. The van der Waals surface area contributed by atoms with E-state index in [1.807, 2.05) is 18.3 Å². The fourth-order valence-electron chi connectivity index (χ4n) is 7.02. The van der Waals surface area contributed by atoms with Crippen LogP contribution in [-0.2, 0) is 0 Å². The molecule has 186 valence electrons. The molecule has 2 saturated carbocycles. The van der Waals surface area contributed by atoms with Crippen molar-refractivity contribution >= 4 is 28.2 Å². The summed E-state index contributed by atoms with van der Waals surface area (Å²) in [5.41, 5.74) is 2.12. The summed E-state index contributed by atoms with van der Waals surface area (Å²) in [7, 11) is 0. The molecule has 3 fully saturated rings. The second kappa shape index (κ2) is 12.1. The SMILES string of the molecule is Clc1ccc2c(NCCCN3CCN(C(C4CCCCC4)C4CCCCC4)CC3)ccnc2c1. The summed E-state index contributed by atoms with van der Waals surface area (Å²) in [6.07, 6.45) is 17.8. The molecule has 2 heterocycles. The second-order valence-electron chi connectivity index (χ2n) is 11.0. The third-order valence-electron chi connectivity index (χ3n) is 8.77. The Bertz CT molecular complexity index is 880. The fraction of sp³-hybridized carbons (Fsp3) is 0.690. The number of nitrogens with one attached hydrogen (secondary N) is 1. The lowest BCUT2D eigenvalue weighted by Crippen LogP contribution is -2.55. The topological polar surface area (TPSA) is 31.4 Å². The molecule has 5 heteroatoms. The van der Waals surface area contributed by atoms with Crippen LogP contribution in [0.2, 0.25) is 5.02 Å². The highest BCUT2D eigenvalue weighted by Crippen LogP contribution is 2.38. The molecule has 1 aromatic heterocycles. The Hall–Kier alpha value is -1.36. The minimum atomic E-state index is 0.741. The second-order valence-corrected chi connectivity index (χ2v) is 11.4. The summed E-state index contributed by atoms with van der Waals surface area (Å²) >= 11 is 6.13. The van der Waals surface area contributed by atoms with Gasteiger partial charge in [0.25, 0.3) is 0 Å². The van der Waals surface area contributed by atoms with Crippen LogP contribution in [0.3, 0.4) is 0 Å². The maximum absolute atomic E-state index is 6.13. The number of anilines is 1. The lowest BCUT2D eigenvalue weighted by molar-refractivity contribution is 0.0172. The first-order chi connectivity index (χ1) is 16.8. The van der Waals surface area contributed by atoms with Crippen molar-refractivity contribution in [3.63, 3.8) is 0 Å². The number of nitrogens with zero attached hydrogens (tertiary/aromatic N) is 3. The first kappa shape index (κ1) is 24.3. The molecule has 2 aliphatic carbocycles. The maximum Gasteiger partial charge on any atom is 0.0737 e. The van der Waals surface area contributed by atoms with Crippen LogP contribution in [0.25, 0.3) is 10.9 Å². The van der Waals surface area contributed by atoms with Gasteiger partial charge < -0.3 is 10.2 Å². The molecule has 1 aliphatic heterocycles.